The molecule has 2 aliphatic carbocycles. The minimum absolute atomic E-state index is 0.299. The van der Waals surface area contributed by atoms with E-state index in [1.165, 1.54) is 39.8 Å². The van der Waals surface area contributed by atoms with Crippen LogP contribution in [0.4, 0.5) is 5.82 Å². The number of anilines is 1. The van der Waals surface area contributed by atoms with E-state index >= 15 is 0 Å². The fourth-order valence-corrected chi connectivity index (χ4v) is 6.25. The van der Waals surface area contributed by atoms with Crippen LogP contribution < -0.4 is 14.8 Å². The first-order valence-corrected chi connectivity index (χ1v) is 11.7. The van der Waals surface area contributed by atoms with E-state index < -0.39 is 0 Å². The lowest BCUT2D eigenvalue weighted by Crippen LogP contribution is -2.11. The second-order valence-electron chi connectivity index (χ2n) is 8.31. The third-order valence-corrected chi connectivity index (χ3v) is 7.66. The fraction of sp³-hybridized carbons (Fsp3) is 0.240. The van der Waals surface area contributed by atoms with Gasteiger partial charge in [-0.25, -0.2) is 9.97 Å². The molecule has 0 radical (unpaired) electrons. The standard InChI is InChI=1S/C25H20N4O2S/c1-2-16-17(3-1)22-20(16)21-24(27-11-6-14-4-5-18-19(12-14)31-13-30-18)28-23(29-25(21)32-22)15-7-9-26-10-8-15/h2,4-5,7-10,12,17H,1,3,6,11,13H2,(H,27,28,29). The van der Waals surface area contributed by atoms with Crippen LogP contribution in [0.2, 0.25) is 0 Å². The number of pyridine rings is 1. The van der Waals surface area contributed by atoms with Crippen molar-refractivity contribution >= 4 is 32.9 Å². The molecule has 0 saturated carbocycles. The monoisotopic (exact) mass is 440 g/mol. The van der Waals surface area contributed by atoms with Crippen LogP contribution in [-0.2, 0) is 6.42 Å². The summed E-state index contributed by atoms with van der Waals surface area (Å²) >= 11 is 1.83. The van der Waals surface area contributed by atoms with Crippen LogP contribution in [0, 0.1) is 0 Å². The number of aromatic nitrogens is 3. The molecule has 0 amide bonds. The van der Waals surface area contributed by atoms with Crippen LogP contribution in [0.25, 0.3) is 27.2 Å². The van der Waals surface area contributed by atoms with Gasteiger partial charge in [0.2, 0.25) is 6.79 Å². The molecule has 0 bridgehead atoms. The van der Waals surface area contributed by atoms with Crippen LogP contribution in [0.15, 0.2) is 48.8 Å². The molecule has 4 aromatic rings. The zero-order chi connectivity index (χ0) is 21.1. The minimum atomic E-state index is 0.299. The Morgan fingerprint density at radius 1 is 1.06 bits per heavy atom. The second-order valence-corrected chi connectivity index (χ2v) is 9.34. The maximum Gasteiger partial charge on any atom is 0.231 e. The highest BCUT2D eigenvalue weighted by atomic mass is 32.1. The fourth-order valence-electron chi connectivity index (χ4n) is 4.90. The highest BCUT2D eigenvalue weighted by Gasteiger charge is 2.39. The highest BCUT2D eigenvalue weighted by Crippen LogP contribution is 2.59. The van der Waals surface area contributed by atoms with Crippen LogP contribution in [-0.4, -0.2) is 28.3 Å². The first-order valence-electron chi connectivity index (χ1n) is 10.9. The third-order valence-electron chi connectivity index (χ3n) is 6.46. The Morgan fingerprint density at radius 3 is 2.91 bits per heavy atom. The number of nitrogens with one attached hydrogen (secondary N) is 1. The van der Waals surface area contributed by atoms with Gasteiger partial charge in [0.15, 0.2) is 17.3 Å². The molecular formula is C25H20N4O2S. The summed E-state index contributed by atoms with van der Waals surface area (Å²) in [5.41, 5.74) is 5.05. The van der Waals surface area contributed by atoms with Crippen molar-refractivity contribution in [2.45, 2.75) is 25.2 Å². The largest absolute Gasteiger partial charge is 0.454 e. The van der Waals surface area contributed by atoms with Gasteiger partial charge in [-0.3, -0.25) is 4.98 Å². The lowest BCUT2D eigenvalue weighted by atomic mass is 9.80. The summed E-state index contributed by atoms with van der Waals surface area (Å²) < 4.78 is 10.9. The van der Waals surface area contributed by atoms with Crippen LogP contribution in [0.1, 0.15) is 34.8 Å². The molecule has 1 N–H and O–H groups in total. The van der Waals surface area contributed by atoms with Gasteiger partial charge < -0.3 is 14.8 Å². The first kappa shape index (κ1) is 18.2. The van der Waals surface area contributed by atoms with Crippen LogP contribution in [0.5, 0.6) is 11.5 Å². The molecule has 32 heavy (non-hydrogen) atoms. The predicted octanol–water partition coefficient (Wildman–Crippen LogP) is 5.41. The summed E-state index contributed by atoms with van der Waals surface area (Å²) in [6.45, 7) is 1.07. The smallest absolute Gasteiger partial charge is 0.231 e. The molecule has 1 aliphatic heterocycles. The molecule has 3 aliphatic rings. The number of benzene rings is 1. The quantitative estimate of drug-likeness (QED) is 0.447. The van der Waals surface area contributed by atoms with E-state index in [0.29, 0.717) is 12.7 Å². The maximum absolute atomic E-state index is 5.52. The number of thiophene rings is 1. The molecule has 6 nitrogen and oxygen atoms in total. The van der Waals surface area contributed by atoms with Gasteiger partial charge in [-0.2, -0.15) is 0 Å². The Labute approximate surface area is 189 Å². The zero-order valence-electron chi connectivity index (χ0n) is 17.3. The molecule has 1 aromatic carbocycles. The topological polar surface area (TPSA) is 69.2 Å². The lowest BCUT2D eigenvalue weighted by molar-refractivity contribution is 0.174. The van der Waals surface area contributed by atoms with Crippen LogP contribution >= 0.6 is 11.3 Å². The van der Waals surface area contributed by atoms with Crippen molar-refractivity contribution in [2.75, 3.05) is 18.7 Å². The van der Waals surface area contributed by atoms with Crippen molar-refractivity contribution in [1.82, 2.24) is 15.0 Å². The van der Waals surface area contributed by atoms with Crippen molar-refractivity contribution in [1.29, 1.82) is 0 Å². The van der Waals surface area contributed by atoms with Crippen molar-refractivity contribution in [3.8, 4) is 22.9 Å². The summed E-state index contributed by atoms with van der Waals surface area (Å²) in [5.74, 6) is 3.91. The number of rotatable bonds is 5. The zero-order valence-corrected chi connectivity index (χ0v) is 18.1. The van der Waals surface area contributed by atoms with Gasteiger partial charge in [0.05, 0.1) is 5.39 Å². The third kappa shape index (κ3) is 2.74. The Morgan fingerprint density at radius 2 is 1.97 bits per heavy atom. The van der Waals surface area contributed by atoms with Crippen molar-refractivity contribution < 1.29 is 9.47 Å². The molecule has 0 saturated heterocycles. The van der Waals surface area contributed by atoms with E-state index in [9.17, 15) is 0 Å². The van der Waals surface area contributed by atoms with Gasteiger partial charge in [0, 0.05) is 40.9 Å². The van der Waals surface area contributed by atoms with Crippen molar-refractivity contribution in [2.24, 2.45) is 0 Å². The summed E-state index contributed by atoms with van der Waals surface area (Å²) in [6, 6.07) is 10.1. The average molecular weight is 441 g/mol. The number of hydrogen-bond acceptors (Lipinski definition) is 7. The molecular weight excluding hydrogens is 420 g/mol. The summed E-state index contributed by atoms with van der Waals surface area (Å²) in [4.78, 5) is 16.6. The Kier molecular flexibility index (Phi) is 3.99. The normalized spacial score (nSPS) is 17.6. The molecule has 158 valence electrons. The Hall–Kier alpha value is -3.45. The molecule has 7 rings (SSSR count). The first-order chi connectivity index (χ1) is 15.8. The second kappa shape index (κ2) is 7.03. The number of fused-ring (bicyclic) bond motifs is 7. The molecule has 0 spiro atoms. The molecule has 4 heterocycles. The summed E-state index contributed by atoms with van der Waals surface area (Å²) in [5, 5.41) is 4.80. The van der Waals surface area contributed by atoms with Crippen molar-refractivity contribution in [3.05, 3.63) is 64.8 Å². The van der Waals surface area contributed by atoms with E-state index in [1.807, 2.05) is 29.5 Å². The van der Waals surface area contributed by atoms with E-state index in [2.05, 4.69) is 28.5 Å². The van der Waals surface area contributed by atoms with E-state index in [1.54, 1.807) is 12.4 Å². The Bertz CT molecular complexity index is 1400. The number of nitrogens with zero attached hydrogens (tertiary/aromatic N) is 3. The van der Waals surface area contributed by atoms with E-state index in [-0.39, 0.29) is 0 Å². The van der Waals surface area contributed by atoms with Gasteiger partial charge in [-0.1, -0.05) is 12.1 Å². The lowest BCUT2D eigenvalue weighted by Gasteiger charge is -2.26. The molecule has 3 aromatic heterocycles. The van der Waals surface area contributed by atoms with E-state index in [0.717, 1.165) is 46.5 Å². The Balaban J connectivity index is 1.24. The van der Waals surface area contributed by atoms with Crippen LogP contribution in [0.3, 0.4) is 0 Å². The number of ether oxygens (including phenoxy) is 2. The van der Waals surface area contributed by atoms with Gasteiger partial charge in [-0.05, 0) is 54.7 Å². The maximum atomic E-state index is 5.52. The predicted molar refractivity (Wildman–Crippen MR) is 125 cm³/mol. The molecule has 7 heteroatoms. The molecule has 0 fully saturated rings. The highest BCUT2D eigenvalue weighted by molar-refractivity contribution is 7.19. The average Bonchev–Trinajstić information content (AvgIpc) is 3.53. The number of hydrogen-bond donors (Lipinski definition) is 1. The van der Waals surface area contributed by atoms with Gasteiger partial charge in [-0.15, -0.1) is 11.3 Å². The number of allylic oxidation sites excluding steroid dienone is 2. The SMILES string of the molecule is C1=C2c3c(sc4nc(-c5ccncc5)nc(NCCc5ccc6c(c5)OCO6)c34)C2CC1. The summed E-state index contributed by atoms with van der Waals surface area (Å²) in [7, 11) is 0. The minimum Gasteiger partial charge on any atom is -0.454 e. The van der Waals surface area contributed by atoms with E-state index in [4.69, 9.17) is 19.4 Å². The van der Waals surface area contributed by atoms with Gasteiger partial charge >= 0.3 is 0 Å². The molecule has 1 unspecified atom stereocenters. The van der Waals surface area contributed by atoms with Gasteiger partial charge in [0.25, 0.3) is 0 Å². The summed E-state index contributed by atoms with van der Waals surface area (Å²) in [6.07, 6.45) is 9.23. The van der Waals surface area contributed by atoms with Gasteiger partial charge in [0.1, 0.15) is 10.6 Å². The molecule has 1 atom stereocenters. The van der Waals surface area contributed by atoms with Crippen molar-refractivity contribution in [3.63, 3.8) is 0 Å².